The van der Waals surface area contributed by atoms with Crippen LogP contribution < -0.4 is 5.32 Å². The second kappa shape index (κ2) is 4.53. The Balaban J connectivity index is 3.59. The number of aliphatic hydroxyl groups is 1. The minimum absolute atomic E-state index is 0.319. The van der Waals surface area contributed by atoms with E-state index in [1.165, 1.54) is 0 Å². The predicted molar refractivity (Wildman–Crippen MR) is 39.4 cm³/mol. The fourth-order valence-electron chi connectivity index (χ4n) is 0.547. The van der Waals surface area contributed by atoms with Crippen LogP contribution in [0.1, 0.15) is 13.8 Å². The van der Waals surface area contributed by atoms with E-state index >= 15 is 0 Å². The van der Waals surface area contributed by atoms with Crippen molar-refractivity contribution in [3.8, 4) is 0 Å². The number of rotatable bonds is 3. The molecule has 2 nitrogen and oxygen atoms in total. The van der Waals surface area contributed by atoms with Gasteiger partial charge in [0.15, 0.2) is 0 Å². The number of hydrogen-bond acceptors (Lipinski definition) is 2. The molecule has 0 fully saturated rings. The standard InChI is InChI=1S/C7H15NO/c1-4-6(2)7(9)5-8-3/h4,7-9H,5H2,1-3H3. The molecular weight excluding hydrogens is 114 g/mol. The van der Waals surface area contributed by atoms with Crippen LogP contribution in [0, 0.1) is 0 Å². The van der Waals surface area contributed by atoms with Gasteiger partial charge in [-0.3, -0.25) is 0 Å². The maximum absolute atomic E-state index is 9.19. The minimum atomic E-state index is -0.319. The fourth-order valence-corrected chi connectivity index (χ4v) is 0.547. The molecule has 0 radical (unpaired) electrons. The van der Waals surface area contributed by atoms with Gasteiger partial charge in [-0.05, 0) is 26.5 Å². The van der Waals surface area contributed by atoms with Gasteiger partial charge in [0, 0.05) is 6.54 Å². The van der Waals surface area contributed by atoms with E-state index in [1.807, 2.05) is 27.0 Å². The van der Waals surface area contributed by atoms with E-state index in [-0.39, 0.29) is 6.10 Å². The first-order valence-corrected chi connectivity index (χ1v) is 3.17. The van der Waals surface area contributed by atoms with Crippen molar-refractivity contribution in [2.75, 3.05) is 13.6 Å². The maximum atomic E-state index is 9.19. The summed E-state index contributed by atoms with van der Waals surface area (Å²) in [6.45, 7) is 4.48. The zero-order valence-electron chi connectivity index (χ0n) is 6.31. The molecule has 0 saturated carbocycles. The number of nitrogens with one attached hydrogen (secondary N) is 1. The van der Waals surface area contributed by atoms with Crippen molar-refractivity contribution in [3.05, 3.63) is 11.6 Å². The van der Waals surface area contributed by atoms with Crippen LogP contribution >= 0.6 is 0 Å². The van der Waals surface area contributed by atoms with Crippen molar-refractivity contribution < 1.29 is 5.11 Å². The van der Waals surface area contributed by atoms with Crippen molar-refractivity contribution in [3.63, 3.8) is 0 Å². The third-order valence-electron chi connectivity index (χ3n) is 1.38. The lowest BCUT2D eigenvalue weighted by Gasteiger charge is -2.08. The number of likely N-dealkylation sites (N-methyl/N-ethyl adjacent to an activating group) is 1. The number of aliphatic hydroxyl groups excluding tert-OH is 1. The molecule has 9 heavy (non-hydrogen) atoms. The zero-order valence-corrected chi connectivity index (χ0v) is 6.31. The summed E-state index contributed by atoms with van der Waals surface area (Å²) >= 11 is 0. The topological polar surface area (TPSA) is 32.3 Å². The molecule has 0 aliphatic rings. The normalized spacial score (nSPS) is 15.8. The molecule has 0 saturated heterocycles. The molecule has 2 N–H and O–H groups in total. The zero-order chi connectivity index (χ0) is 7.28. The molecule has 0 bridgehead atoms. The molecule has 1 unspecified atom stereocenters. The Morgan fingerprint density at radius 1 is 1.78 bits per heavy atom. The lowest BCUT2D eigenvalue weighted by molar-refractivity contribution is 0.210. The van der Waals surface area contributed by atoms with Crippen LogP contribution in [0.15, 0.2) is 11.6 Å². The summed E-state index contributed by atoms with van der Waals surface area (Å²) in [6, 6.07) is 0. The molecule has 0 spiro atoms. The first-order valence-electron chi connectivity index (χ1n) is 3.17. The van der Waals surface area contributed by atoms with E-state index in [0.717, 1.165) is 5.57 Å². The summed E-state index contributed by atoms with van der Waals surface area (Å²) < 4.78 is 0. The molecular formula is C7H15NO. The van der Waals surface area contributed by atoms with Gasteiger partial charge in [0.05, 0.1) is 6.10 Å². The molecule has 0 aliphatic heterocycles. The van der Waals surface area contributed by atoms with Crippen molar-refractivity contribution in [2.24, 2.45) is 0 Å². The number of hydrogen-bond donors (Lipinski definition) is 2. The van der Waals surface area contributed by atoms with E-state index in [2.05, 4.69) is 5.32 Å². The Hall–Kier alpha value is -0.340. The number of allylic oxidation sites excluding steroid dienone is 1. The first-order chi connectivity index (χ1) is 4.22. The average molecular weight is 129 g/mol. The van der Waals surface area contributed by atoms with Gasteiger partial charge in [-0.1, -0.05) is 6.08 Å². The lowest BCUT2D eigenvalue weighted by atomic mass is 10.1. The highest BCUT2D eigenvalue weighted by atomic mass is 16.3. The highest BCUT2D eigenvalue weighted by molar-refractivity contribution is 5.02. The van der Waals surface area contributed by atoms with Gasteiger partial charge in [0.1, 0.15) is 0 Å². The van der Waals surface area contributed by atoms with Crippen LogP contribution in [-0.4, -0.2) is 24.8 Å². The van der Waals surface area contributed by atoms with Crippen LogP contribution in [0.2, 0.25) is 0 Å². The summed E-state index contributed by atoms with van der Waals surface area (Å²) in [4.78, 5) is 0. The summed E-state index contributed by atoms with van der Waals surface area (Å²) in [5.41, 5.74) is 1.02. The highest BCUT2D eigenvalue weighted by Gasteiger charge is 2.01. The van der Waals surface area contributed by atoms with Crippen LogP contribution in [-0.2, 0) is 0 Å². The molecule has 0 aromatic carbocycles. The fraction of sp³-hybridized carbons (Fsp3) is 0.714. The van der Waals surface area contributed by atoms with Crippen molar-refractivity contribution in [2.45, 2.75) is 20.0 Å². The predicted octanol–water partition coefficient (Wildman–Crippen LogP) is 0.533. The van der Waals surface area contributed by atoms with Crippen molar-refractivity contribution in [1.82, 2.24) is 5.32 Å². The summed E-state index contributed by atoms with van der Waals surface area (Å²) in [6.07, 6.45) is 1.60. The molecule has 2 heteroatoms. The van der Waals surface area contributed by atoms with E-state index < -0.39 is 0 Å². The van der Waals surface area contributed by atoms with Crippen LogP contribution in [0.25, 0.3) is 0 Å². The molecule has 0 aromatic rings. The second-order valence-electron chi connectivity index (χ2n) is 2.11. The largest absolute Gasteiger partial charge is 0.387 e. The van der Waals surface area contributed by atoms with Gasteiger partial charge < -0.3 is 10.4 Å². The third kappa shape index (κ3) is 3.27. The van der Waals surface area contributed by atoms with Crippen molar-refractivity contribution >= 4 is 0 Å². The third-order valence-corrected chi connectivity index (χ3v) is 1.38. The van der Waals surface area contributed by atoms with Crippen LogP contribution in [0.3, 0.4) is 0 Å². The van der Waals surface area contributed by atoms with E-state index in [9.17, 15) is 5.11 Å². The minimum Gasteiger partial charge on any atom is -0.387 e. The molecule has 0 amide bonds. The SMILES string of the molecule is CC=C(C)C(O)CNC. The van der Waals surface area contributed by atoms with Crippen molar-refractivity contribution in [1.29, 1.82) is 0 Å². The smallest absolute Gasteiger partial charge is 0.0871 e. The molecule has 0 aliphatic carbocycles. The lowest BCUT2D eigenvalue weighted by Crippen LogP contribution is -2.24. The Bertz CT molecular complexity index is 99.1. The quantitative estimate of drug-likeness (QED) is 0.545. The molecule has 0 rings (SSSR count). The second-order valence-corrected chi connectivity index (χ2v) is 2.11. The van der Waals surface area contributed by atoms with Gasteiger partial charge in [-0.2, -0.15) is 0 Å². The van der Waals surface area contributed by atoms with E-state index in [4.69, 9.17) is 0 Å². The summed E-state index contributed by atoms with van der Waals surface area (Å²) in [7, 11) is 1.83. The average Bonchev–Trinajstić information content (AvgIpc) is 1.87. The van der Waals surface area contributed by atoms with Gasteiger partial charge in [-0.25, -0.2) is 0 Å². The van der Waals surface area contributed by atoms with Crippen LogP contribution in [0.4, 0.5) is 0 Å². The van der Waals surface area contributed by atoms with Gasteiger partial charge in [0.25, 0.3) is 0 Å². The Labute approximate surface area is 56.6 Å². The Morgan fingerprint density at radius 3 is 2.67 bits per heavy atom. The van der Waals surface area contributed by atoms with E-state index in [1.54, 1.807) is 0 Å². The monoisotopic (exact) mass is 129 g/mol. The summed E-state index contributed by atoms with van der Waals surface area (Å²) in [5.74, 6) is 0. The summed E-state index contributed by atoms with van der Waals surface area (Å²) in [5, 5.41) is 12.1. The first kappa shape index (κ1) is 8.66. The molecule has 0 heterocycles. The van der Waals surface area contributed by atoms with E-state index in [0.29, 0.717) is 6.54 Å². The highest BCUT2D eigenvalue weighted by Crippen LogP contribution is 1.97. The maximum Gasteiger partial charge on any atom is 0.0871 e. The Morgan fingerprint density at radius 2 is 2.33 bits per heavy atom. The molecule has 54 valence electrons. The van der Waals surface area contributed by atoms with Gasteiger partial charge in [0.2, 0.25) is 0 Å². The molecule has 1 atom stereocenters. The van der Waals surface area contributed by atoms with Crippen LogP contribution in [0.5, 0.6) is 0 Å². The van der Waals surface area contributed by atoms with Gasteiger partial charge >= 0.3 is 0 Å². The Kier molecular flexibility index (Phi) is 4.36. The van der Waals surface area contributed by atoms with Gasteiger partial charge in [-0.15, -0.1) is 0 Å². The molecule has 0 aromatic heterocycles.